The van der Waals surface area contributed by atoms with E-state index < -0.39 is 0 Å². The SMILES string of the molecule is CSC1(CNC(=O)c2cccc(N)c2)CC1. The van der Waals surface area contributed by atoms with Gasteiger partial charge in [0.05, 0.1) is 0 Å². The molecule has 0 atom stereocenters. The number of amides is 1. The molecule has 0 radical (unpaired) electrons. The van der Waals surface area contributed by atoms with Gasteiger partial charge in [0, 0.05) is 22.5 Å². The van der Waals surface area contributed by atoms with E-state index in [4.69, 9.17) is 5.73 Å². The van der Waals surface area contributed by atoms with Gasteiger partial charge in [0.1, 0.15) is 0 Å². The van der Waals surface area contributed by atoms with E-state index >= 15 is 0 Å². The molecule has 1 aromatic rings. The fourth-order valence-electron chi connectivity index (χ4n) is 1.62. The summed E-state index contributed by atoms with van der Waals surface area (Å²) in [6.07, 6.45) is 4.50. The van der Waals surface area contributed by atoms with Crippen molar-refractivity contribution in [2.75, 3.05) is 18.5 Å². The summed E-state index contributed by atoms with van der Waals surface area (Å²) in [5.41, 5.74) is 6.89. The number of benzene rings is 1. The minimum Gasteiger partial charge on any atom is -0.399 e. The molecule has 0 heterocycles. The fourth-order valence-corrected chi connectivity index (χ4v) is 2.34. The Morgan fingerprint density at radius 1 is 1.56 bits per heavy atom. The number of nitrogen functional groups attached to an aromatic ring is 1. The molecule has 3 nitrogen and oxygen atoms in total. The van der Waals surface area contributed by atoms with Crippen LogP contribution in [0.3, 0.4) is 0 Å². The number of nitrogens with one attached hydrogen (secondary N) is 1. The molecule has 1 aromatic carbocycles. The second-order valence-corrected chi connectivity index (χ2v) is 5.47. The lowest BCUT2D eigenvalue weighted by Crippen LogP contribution is -2.31. The van der Waals surface area contributed by atoms with Gasteiger partial charge >= 0.3 is 0 Å². The van der Waals surface area contributed by atoms with Gasteiger partial charge in [0.2, 0.25) is 0 Å². The molecule has 1 saturated carbocycles. The Morgan fingerprint density at radius 2 is 2.31 bits per heavy atom. The van der Waals surface area contributed by atoms with Gasteiger partial charge in [-0.15, -0.1) is 0 Å². The maximum atomic E-state index is 11.8. The van der Waals surface area contributed by atoms with E-state index in [0.29, 0.717) is 16.0 Å². The first-order chi connectivity index (χ1) is 7.65. The van der Waals surface area contributed by atoms with Crippen LogP contribution in [0.4, 0.5) is 5.69 Å². The van der Waals surface area contributed by atoms with E-state index in [2.05, 4.69) is 11.6 Å². The largest absolute Gasteiger partial charge is 0.399 e. The van der Waals surface area contributed by atoms with Crippen molar-refractivity contribution in [2.45, 2.75) is 17.6 Å². The van der Waals surface area contributed by atoms with E-state index in [1.54, 1.807) is 24.3 Å². The third-order valence-corrected chi connectivity index (χ3v) is 4.38. The Bertz CT molecular complexity index is 402. The highest BCUT2D eigenvalue weighted by atomic mass is 32.2. The number of nitrogens with two attached hydrogens (primary N) is 1. The maximum absolute atomic E-state index is 11.8. The lowest BCUT2D eigenvalue weighted by Gasteiger charge is -2.13. The zero-order chi connectivity index (χ0) is 11.6. The van der Waals surface area contributed by atoms with Crippen molar-refractivity contribution in [1.29, 1.82) is 0 Å². The number of hydrogen-bond donors (Lipinski definition) is 2. The monoisotopic (exact) mass is 236 g/mol. The van der Waals surface area contributed by atoms with Crippen LogP contribution >= 0.6 is 11.8 Å². The molecule has 1 aliphatic carbocycles. The highest BCUT2D eigenvalue weighted by Gasteiger charge is 2.41. The Kier molecular flexibility index (Phi) is 3.10. The molecule has 1 amide bonds. The molecule has 4 heteroatoms. The average molecular weight is 236 g/mol. The predicted octanol–water partition coefficient (Wildman–Crippen LogP) is 1.89. The Hall–Kier alpha value is -1.16. The minimum atomic E-state index is -0.0346. The van der Waals surface area contributed by atoms with Crippen LogP contribution in [0.5, 0.6) is 0 Å². The van der Waals surface area contributed by atoms with Crippen molar-refractivity contribution in [2.24, 2.45) is 0 Å². The van der Waals surface area contributed by atoms with Crippen LogP contribution in [0.2, 0.25) is 0 Å². The van der Waals surface area contributed by atoms with Gasteiger partial charge in [-0.05, 0) is 37.3 Å². The van der Waals surface area contributed by atoms with Crippen molar-refractivity contribution in [3.8, 4) is 0 Å². The molecule has 0 aliphatic heterocycles. The molecular weight excluding hydrogens is 220 g/mol. The van der Waals surface area contributed by atoms with Crippen molar-refractivity contribution in [3.63, 3.8) is 0 Å². The summed E-state index contributed by atoms with van der Waals surface area (Å²) in [6, 6.07) is 7.06. The topological polar surface area (TPSA) is 55.1 Å². The van der Waals surface area contributed by atoms with E-state index in [0.717, 1.165) is 6.54 Å². The van der Waals surface area contributed by atoms with Crippen LogP contribution in [0.15, 0.2) is 24.3 Å². The molecule has 0 saturated heterocycles. The van der Waals surface area contributed by atoms with Crippen molar-refractivity contribution in [1.82, 2.24) is 5.32 Å². The minimum absolute atomic E-state index is 0.0346. The number of anilines is 1. The lowest BCUT2D eigenvalue weighted by molar-refractivity contribution is 0.0953. The normalized spacial score (nSPS) is 16.8. The summed E-state index contributed by atoms with van der Waals surface area (Å²) in [5.74, 6) is -0.0346. The standard InChI is InChI=1S/C12H16N2OS/c1-16-12(5-6-12)8-14-11(15)9-3-2-4-10(13)7-9/h2-4,7H,5-6,8,13H2,1H3,(H,14,15). The number of carbonyl (C=O) groups excluding carboxylic acids is 1. The summed E-state index contributed by atoms with van der Waals surface area (Å²) in [4.78, 5) is 11.8. The third-order valence-electron chi connectivity index (χ3n) is 2.96. The molecule has 1 fully saturated rings. The van der Waals surface area contributed by atoms with Gasteiger partial charge in [-0.2, -0.15) is 11.8 Å². The van der Waals surface area contributed by atoms with E-state index in [1.165, 1.54) is 12.8 Å². The smallest absolute Gasteiger partial charge is 0.251 e. The summed E-state index contributed by atoms with van der Waals surface area (Å²) >= 11 is 1.84. The zero-order valence-electron chi connectivity index (χ0n) is 9.32. The highest BCUT2D eigenvalue weighted by Crippen LogP contribution is 2.46. The Morgan fingerprint density at radius 3 is 2.88 bits per heavy atom. The number of thioether (sulfide) groups is 1. The van der Waals surface area contributed by atoms with Crippen molar-refractivity contribution >= 4 is 23.4 Å². The summed E-state index contributed by atoms with van der Waals surface area (Å²) in [6.45, 7) is 0.752. The summed E-state index contributed by atoms with van der Waals surface area (Å²) < 4.78 is 0.302. The molecule has 0 bridgehead atoms. The van der Waals surface area contributed by atoms with Crippen LogP contribution in [0.1, 0.15) is 23.2 Å². The van der Waals surface area contributed by atoms with E-state index in [-0.39, 0.29) is 5.91 Å². The molecule has 0 aromatic heterocycles. The first-order valence-electron chi connectivity index (χ1n) is 5.34. The molecular formula is C12H16N2OS. The first kappa shape index (κ1) is 11.3. The molecule has 0 unspecified atom stereocenters. The molecule has 1 aliphatic rings. The van der Waals surface area contributed by atoms with Gasteiger partial charge in [-0.3, -0.25) is 4.79 Å². The van der Waals surface area contributed by atoms with Crippen LogP contribution in [-0.2, 0) is 0 Å². The number of carbonyl (C=O) groups is 1. The van der Waals surface area contributed by atoms with Gasteiger partial charge in [-0.1, -0.05) is 6.07 Å². The highest BCUT2D eigenvalue weighted by molar-refractivity contribution is 8.00. The van der Waals surface area contributed by atoms with E-state index in [9.17, 15) is 4.79 Å². The summed E-state index contributed by atoms with van der Waals surface area (Å²) in [7, 11) is 0. The van der Waals surface area contributed by atoms with Crippen LogP contribution in [0, 0.1) is 0 Å². The number of hydrogen-bond acceptors (Lipinski definition) is 3. The summed E-state index contributed by atoms with van der Waals surface area (Å²) in [5, 5.41) is 2.96. The number of rotatable bonds is 4. The maximum Gasteiger partial charge on any atom is 0.251 e. The average Bonchev–Trinajstić information content (AvgIpc) is 3.07. The molecule has 2 rings (SSSR count). The third kappa shape index (κ3) is 2.50. The zero-order valence-corrected chi connectivity index (χ0v) is 10.1. The van der Waals surface area contributed by atoms with Crippen LogP contribution in [0.25, 0.3) is 0 Å². The first-order valence-corrected chi connectivity index (χ1v) is 6.57. The molecule has 86 valence electrons. The molecule has 0 spiro atoms. The van der Waals surface area contributed by atoms with Crippen LogP contribution in [-0.4, -0.2) is 23.5 Å². The van der Waals surface area contributed by atoms with Crippen molar-refractivity contribution < 1.29 is 4.79 Å². The predicted molar refractivity (Wildman–Crippen MR) is 68.7 cm³/mol. The second kappa shape index (κ2) is 4.37. The Labute approximate surface area is 99.8 Å². The van der Waals surface area contributed by atoms with Gasteiger partial charge < -0.3 is 11.1 Å². The van der Waals surface area contributed by atoms with Gasteiger partial charge in [-0.25, -0.2) is 0 Å². The molecule has 3 N–H and O–H groups in total. The van der Waals surface area contributed by atoms with Gasteiger partial charge in [0.25, 0.3) is 5.91 Å². The van der Waals surface area contributed by atoms with E-state index in [1.807, 2.05) is 11.8 Å². The Balaban J connectivity index is 1.93. The quantitative estimate of drug-likeness (QED) is 0.785. The van der Waals surface area contributed by atoms with Crippen molar-refractivity contribution in [3.05, 3.63) is 29.8 Å². The van der Waals surface area contributed by atoms with Gasteiger partial charge in [0.15, 0.2) is 0 Å². The second-order valence-electron chi connectivity index (χ2n) is 4.20. The fraction of sp³-hybridized carbons (Fsp3) is 0.417. The van der Waals surface area contributed by atoms with Crippen LogP contribution < -0.4 is 11.1 Å². The lowest BCUT2D eigenvalue weighted by atomic mass is 10.2. The molecule has 16 heavy (non-hydrogen) atoms.